The van der Waals surface area contributed by atoms with Crippen molar-refractivity contribution in [1.29, 1.82) is 0 Å². The predicted molar refractivity (Wildman–Crippen MR) is 77.5 cm³/mol. The van der Waals surface area contributed by atoms with Gasteiger partial charge in [-0.15, -0.1) is 11.3 Å². The van der Waals surface area contributed by atoms with Crippen LogP contribution < -0.4 is 10.5 Å². The number of aryl methyl sites for hydroxylation is 2. The van der Waals surface area contributed by atoms with Gasteiger partial charge in [0.25, 0.3) is 0 Å². The van der Waals surface area contributed by atoms with Crippen molar-refractivity contribution >= 4 is 22.9 Å². The summed E-state index contributed by atoms with van der Waals surface area (Å²) in [5, 5.41) is 0.695. The van der Waals surface area contributed by atoms with E-state index in [2.05, 4.69) is 13.0 Å². The van der Waals surface area contributed by atoms with Gasteiger partial charge in [-0.1, -0.05) is 17.7 Å². The van der Waals surface area contributed by atoms with Crippen LogP contribution in [0.15, 0.2) is 24.3 Å². The lowest BCUT2D eigenvalue weighted by molar-refractivity contribution is 0.304. The fourth-order valence-electron chi connectivity index (χ4n) is 1.72. The molecule has 2 rings (SSSR count). The highest BCUT2D eigenvalue weighted by molar-refractivity contribution is 7.12. The number of thiophene rings is 1. The molecule has 0 fully saturated rings. The molecule has 0 amide bonds. The molecule has 0 spiro atoms. The largest absolute Gasteiger partial charge is 0.489 e. The smallest absolute Gasteiger partial charge is 0.124 e. The zero-order valence-corrected chi connectivity index (χ0v) is 12.1. The molecule has 18 heavy (non-hydrogen) atoms. The van der Waals surface area contributed by atoms with Crippen LogP contribution in [0.2, 0.25) is 5.02 Å². The molecule has 0 aliphatic heterocycles. The number of benzene rings is 1. The summed E-state index contributed by atoms with van der Waals surface area (Å²) in [5.41, 5.74) is 7.92. The molecule has 1 aromatic carbocycles. The molecule has 0 unspecified atom stereocenters. The van der Waals surface area contributed by atoms with E-state index in [1.807, 2.05) is 25.1 Å². The average molecular weight is 282 g/mol. The van der Waals surface area contributed by atoms with E-state index in [4.69, 9.17) is 22.1 Å². The maximum absolute atomic E-state index is 5.96. The fraction of sp³-hybridized carbons (Fsp3) is 0.286. The maximum atomic E-state index is 5.96. The summed E-state index contributed by atoms with van der Waals surface area (Å²) >= 11 is 7.69. The Labute approximate surface area is 116 Å². The Hall–Kier alpha value is -1.03. The van der Waals surface area contributed by atoms with Gasteiger partial charge >= 0.3 is 0 Å². The summed E-state index contributed by atoms with van der Waals surface area (Å²) in [6.07, 6.45) is 0. The summed E-state index contributed by atoms with van der Waals surface area (Å²) in [7, 11) is 0. The first kappa shape index (κ1) is 13.4. The quantitative estimate of drug-likeness (QED) is 0.917. The highest BCUT2D eigenvalue weighted by Gasteiger charge is 2.07. The second-order valence-corrected chi connectivity index (χ2v) is 5.97. The second kappa shape index (κ2) is 5.74. The van der Waals surface area contributed by atoms with Crippen LogP contribution in [0.1, 0.15) is 20.9 Å². The molecule has 2 aromatic rings. The van der Waals surface area contributed by atoms with Gasteiger partial charge in [-0.2, -0.15) is 0 Å². The molecule has 96 valence electrons. The first-order valence-corrected chi connectivity index (χ1v) is 6.97. The Bertz CT molecular complexity index is 551. The van der Waals surface area contributed by atoms with Crippen LogP contribution in [0.4, 0.5) is 0 Å². The van der Waals surface area contributed by atoms with E-state index < -0.39 is 0 Å². The minimum Gasteiger partial charge on any atom is -0.489 e. The van der Waals surface area contributed by atoms with Crippen LogP contribution in [-0.2, 0) is 13.2 Å². The summed E-state index contributed by atoms with van der Waals surface area (Å²) in [4.78, 5) is 2.45. The Morgan fingerprint density at radius 2 is 2.06 bits per heavy atom. The Morgan fingerprint density at radius 1 is 1.28 bits per heavy atom. The highest BCUT2D eigenvalue weighted by atomic mass is 35.5. The van der Waals surface area contributed by atoms with Crippen molar-refractivity contribution in [3.63, 3.8) is 0 Å². The molecule has 2 nitrogen and oxygen atoms in total. The van der Waals surface area contributed by atoms with Gasteiger partial charge in [-0.25, -0.2) is 0 Å². The molecule has 0 aliphatic rings. The third kappa shape index (κ3) is 3.05. The van der Waals surface area contributed by atoms with Crippen molar-refractivity contribution in [1.82, 2.24) is 0 Å². The first-order chi connectivity index (χ1) is 8.60. The standard InChI is InChI=1S/C14H16ClNOS/c1-9-3-4-12(15)6-14(9)17-8-11-5-13(7-16)18-10(11)2/h3-6H,7-8,16H2,1-2H3. The molecule has 4 heteroatoms. The molecule has 0 atom stereocenters. The summed E-state index contributed by atoms with van der Waals surface area (Å²) in [6.45, 7) is 5.25. The topological polar surface area (TPSA) is 35.2 Å². The van der Waals surface area contributed by atoms with Crippen molar-refractivity contribution in [3.8, 4) is 5.75 Å². The van der Waals surface area contributed by atoms with Gasteiger partial charge < -0.3 is 10.5 Å². The van der Waals surface area contributed by atoms with Crippen molar-refractivity contribution in [2.75, 3.05) is 0 Å². The number of nitrogens with two attached hydrogens (primary N) is 1. The van der Waals surface area contributed by atoms with Crippen LogP contribution in [0.5, 0.6) is 5.75 Å². The molecule has 0 saturated carbocycles. The van der Waals surface area contributed by atoms with Crippen LogP contribution in [0.3, 0.4) is 0 Å². The van der Waals surface area contributed by atoms with E-state index in [0.29, 0.717) is 18.2 Å². The summed E-state index contributed by atoms with van der Waals surface area (Å²) in [5.74, 6) is 0.836. The van der Waals surface area contributed by atoms with E-state index in [9.17, 15) is 0 Å². The highest BCUT2D eigenvalue weighted by Crippen LogP contribution is 2.26. The molecular formula is C14H16ClNOS. The molecule has 0 radical (unpaired) electrons. The summed E-state index contributed by atoms with van der Waals surface area (Å²) in [6, 6.07) is 7.79. The van der Waals surface area contributed by atoms with Crippen LogP contribution >= 0.6 is 22.9 Å². The Morgan fingerprint density at radius 3 is 2.72 bits per heavy atom. The molecule has 2 N–H and O–H groups in total. The van der Waals surface area contributed by atoms with Crippen molar-refractivity contribution in [3.05, 3.63) is 50.2 Å². The van der Waals surface area contributed by atoms with Crippen molar-refractivity contribution in [2.24, 2.45) is 5.73 Å². The molecule has 0 bridgehead atoms. The van der Waals surface area contributed by atoms with Crippen LogP contribution in [0, 0.1) is 13.8 Å². The SMILES string of the molecule is Cc1ccc(Cl)cc1OCc1cc(CN)sc1C. The van der Waals surface area contributed by atoms with Gasteiger partial charge in [0, 0.05) is 26.9 Å². The number of rotatable bonds is 4. The van der Waals surface area contributed by atoms with Gasteiger partial charge in [0.2, 0.25) is 0 Å². The average Bonchev–Trinajstić information content (AvgIpc) is 2.71. The fourth-order valence-corrected chi connectivity index (χ4v) is 2.81. The van der Waals surface area contributed by atoms with Gasteiger partial charge in [-0.05, 0) is 37.6 Å². The zero-order chi connectivity index (χ0) is 13.1. The number of hydrogen-bond acceptors (Lipinski definition) is 3. The van der Waals surface area contributed by atoms with Gasteiger partial charge in [-0.3, -0.25) is 0 Å². The molecule has 1 aromatic heterocycles. The molecule has 0 aliphatic carbocycles. The molecule has 0 saturated heterocycles. The molecular weight excluding hydrogens is 266 g/mol. The zero-order valence-electron chi connectivity index (χ0n) is 10.5. The van der Waals surface area contributed by atoms with E-state index >= 15 is 0 Å². The predicted octanol–water partition coefficient (Wildman–Crippen LogP) is 4.06. The lowest BCUT2D eigenvalue weighted by atomic mass is 10.2. The van der Waals surface area contributed by atoms with Gasteiger partial charge in [0.05, 0.1) is 0 Å². The second-order valence-electron chi connectivity index (χ2n) is 4.20. The number of hydrogen-bond donors (Lipinski definition) is 1. The number of halogens is 1. The van der Waals surface area contributed by atoms with E-state index in [0.717, 1.165) is 11.3 Å². The van der Waals surface area contributed by atoms with Crippen LogP contribution in [-0.4, -0.2) is 0 Å². The minimum atomic E-state index is 0.559. The maximum Gasteiger partial charge on any atom is 0.124 e. The third-order valence-corrected chi connectivity index (χ3v) is 4.16. The lowest BCUT2D eigenvalue weighted by Crippen LogP contribution is -1.97. The summed E-state index contributed by atoms with van der Waals surface area (Å²) < 4.78 is 5.82. The van der Waals surface area contributed by atoms with Gasteiger partial charge in [0.15, 0.2) is 0 Å². The minimum absolute atomic E-state index is 0.559. The van der Waals surface area contributed by atoms with Crippen molar-refractivity contribution < 1.29 is 4.74 Å². The van der Waals surface area contributed by atoms with Crippen LogP contribution in [0.25, 0.3) is 0 Å². The molecule has 1 heterocycles. The van der Waals surface area contributed by atoms with E-state index in [1.54, 1.807) is 11.3 Å². The van der Waals surface area contributed by atoms with Gasteiger partial charge in [0.1, 0.15) is 12.4 Å². The normalized spacial score (nSPS) is 10.7. The monoisotopic (exact) mass is 281 g/mol. The third-order valence-electron chi connectivity index (χ3n) is 2.81. The Kier molecular flexibility index (Phi) is 4.27. The van der Waals surface area contributed by atoms with E-state index in [1.165, 1.54) is 15.3 Å². The Balaban J connectivity index is 2.11. The number of ether oxygens (including phenoxy) is 1. The first-order valence-electron chi connectivity index (χ1n) is 5.77. The lowest BCUT2D eigenvalue weighted by Gasteiger charge is -2.09. The van der Waals surface area contributed by atoms with Crippen molar-refractivity contribution in [2.45, 2.75) is 27.0 Å². The van der Waals surface area contributed by atoms with E-state index in [-0.39, 0.29) is 0 Å².